The van der Waals surface area contributed by atoms with Gasteiger partial charge in [-0.2, -0.15) is 0 Å². The van der Waals surface area contributed by atoms with E-state index in [0.29, 0.717) is 18.1 Å². The molecule has 4 rings (SSSR count). The number of amides is 1. The summed E-state index contributed by atoms with van der Waals surface area (Å²) in [6.45, 7) is 3.59. The van der Waals surface area contributed by atoms with Gasteiger partial charge in [0, 0.05) is 59.2 Å². The molecule has 0 aliphatic carbocycles. The molecule has 1 aromatic carbocycles. The first-order valence-corrected chi connectivity index (χ1v) is 10.9. The first kappa shape index (κ1) is 22.4. The third-order valence-corrected chi connectivity index (χ3v) is 5.80. The average molecular weight is 450 g/mol. The van der Waals surface area contributed by atoms with E-state index in [4.69, 9.17) is 9.73 Å². The fraction of sp³-hybridized carbons (Fsp3) is 0.375. The lowest BCUT2D eigenvalue weighted by atomic mass is 10.0. The van der Waals surface area contributed by atoms with Crippen LogP contribution < -0.4 is 5.32 Å². The van der Waals surface area contributed by atoms with Crippen LogP contribution in [-0.2, 0) is 4.74 Å². The van der Waals surface area contributed by atoms with Gasteiger partial charge in [-0.3, -0.25) is 9.80 Å². The summed E-state index contributed by atoms with van der Waals surface area (Å²) in [6.07, 6.45) is 5.67. The lowest BCUT2D eigenvalue weighted by Crippen LogP contribution is -2.36. The Labute approximate surface area is 195 Å². The maximum atomic E-state index is 12.2. The maximum Gasteiger partial charge on any atom is 0.313 e. The third kappa shape index (κ3) is 4.72. The van der Waals surface area contributed by atoms with Crippen LogP contribution in [0.25, 0.3) is 0 Å². The smallest absolute Gasteiger partial charge is 0.313 e. The molecule has 174 valence electrons. The fourth-order valence-electron chi connectivity index (χ4n) is 3.82. The summed E-state index contributed by atoms with van der Waals surface area (Å²) in [5.74, 6) is -0.0204. The minimum Gasteiger partial charge on any atom is -0.432 e. The molecular formula is C24H31N7O2. The van der Waals surface area contributed by atoms with E-state index in [1.165, 1.54) is 0 Å². The van der Waals surface area contributed by atoms with E-state index >= 15 is 0 Å². The number of nitrogens with one attached hydrogen (secondary N) is 1. The van der Waals surface area contributed by atoms with Gasteiger partial charge in [-0.1, -0.05) is 18.2 Å². The van der Waals surface area contributed by atoms with E-state index in [1.807, 2.05) is 64.6 Å². The van der Waals surface area contributed by atoms with E-state index in [2.05, 4.69) is 26.3 Å². The SMILES string of the molecule is CC1=C(C2OC(NC3=CN(C)CC=C3)=NN2C)N=C(c2ccc(C(=O)N(C)C)cc2)CN1C. The maximum absolute atomic E-state index is 12.2. The molecule has 1 unspecified atom stereocenters. The van der Waals surface area contributed by atoms with E-state index in [9.17, 15) is 4.79 Å². The molecule has 3 heterocycles. The van der Waals surface area contributed by atoms with Crippen LogP contribution in [0.2, 0.25) is 0 Å². The molecule has 0 saturated carbocycles. The number of carbonyl (C=O) groups is 1. The van der Waals surface area contributed by atoms with Crippen molar-refractivity contribution in [2.45, 2.75) is 13.2 Å². The van der Waals surface area contributed by atoms with Crippen LogP contribution in [0.15, 0.2) is 69.8 Å². The van der Waals surface area contributed by atoms with Gasteiger partial charge < -0.3 is 24.8 Å². The van der Waals surface area contributed by atoms with Crippen molar-refractivity contribution in [3.63, 3.8) is 0 Å². The first-order chi connectivity index (χ1) is 15.7. The highest BCUT2D eigenvalue weighted by Gasteiger charge is 2.33. The zero-order valence-corrected chi connectivity index (χ0v) is 20.0. The van der Waals surface area contributed by atoms with Gasteiger partial charge in [-0.25, -0.2) is 4.99 Å². The number of likely N-dealkylation sites (N-methyl/N-ethyl adjacent to an activating group) is 3. The van der Waals surface area contributed by atoms with Gasteiger partial charge in [-0.05, 0) is 30.7 Å². The summed E-state index contributed by atoms with van der Waals surface area (Å²) in [5.41, 5.74) is 5.30. The van der Waals surface area contributed by atoms with Crippen molar-refractivity contribution in [3.05, 3.63) is 70.8 Å². The number of rotatable bonds is 4. The molecule has 0 aromatic heterocycles. The molecule has 3 aliphatic heterocycles. The number of ether oxygens (including phenoxy) is 1. The molecule has 1 amide bonds. The highest BCUT2D eigenvalue weighted by Crippen LogP contribution is 2.27. The number of carbonyl (C=O) groups excluding carboxylic acids is 1. The van der Waals surface area contributed by atoms with Crippen LogP contribution in [0.5, 0.6) is 0 Å². The van der Waals surface area contributed by atoms with Crippen molar-refractivity contribution < 1.29 is 9.53 Å². The number of aliphatic imine (C=N–C) groups is 1. The van der Waals surface area contributed by atoms with Crippen molar-refractivity contribution >= 4 is 17.6 Å². The van der Waals surface area contributed by atoms with Crippen LogP contribution in [-0.4, -0.2) is 91.9 Å². The Balaban J connectivity index is 1.54. The van der Waals surface area contributed by atoms with Crippen LogP contribution in [0, 0.1) is 0 Å². The summed E-state index contributed by atoms with van der Waals surface area (Å²) < 4.78 is 6.16. The molecular weight excluding hydrogens is 418 g/mol. The van der Waals surface area contributed by atoms with Crippen molar-refractivity contribution in [1.82, 2.24) is 25.0 Å². The summed E-state index contributed by atoms with van der Waals surface area (Å²) in [6, 6.07) is 8.02. The Morgan fingerprint density at radius 3 is 2.58 bits per heavy atom. The molecule has 3 aliphatic rings. The van der Waals surface area contributed by atoms with E-state index < -0.39 is 6.23 Å². The molecule has 9 nitrogen and oxygen atoms in total. The highest BCUT2D eigenvalue weighted by molar-refractivity contribution is 6.04. The van der Waals surface area contributed by atoms with Gasteiger partial charge in [0.05, 0.1) is 18.0 Å². The van der Waals surface area contributed by atoms with E-state index in [0.717, 1.165) is 34.9 Å². The predicted octanol–water partition coefficient (Wildman–Crippen LogP) is 1.85. The van der Waals surface area contributed by atoms with E-state index in [1.54, 1.807) is 24.0 Å². The lowest BCUT2D eigenvalue weighted by Gasteiger charge is -2.31. The summed E-state index contributed by atoms with van der Waals surface area (Å²) >= 11 is 0. The Morgan fingerprint density at radius 1 is 1.18 bits per heavy atom. The number of hydrazone groups is 1. The van der Waals surface area contributed by atoms with Gasteiger partial charge in [0.25, 0.3) is 5.91 Å². The van der Waals surface area contributed by atoms with Crippen LogP contribution in [0.3, 0.4) is 0 Å². The van der Waals surface area contributed by atoms with Crippen molar-refractivity contribution in [1.29, 1.82) is 0 Å². The molecule has 9 heteroatoms. The number of hydrogen-bond donors (Lipinski definition) is 1. The molecule has 33 heavy (non-hydrogen) atoms. The second kappa shape index (κ2) is 9.01. The fourth-order valence-corrected chi connectivity index (χ4v) is 3.82. The quantitative estimate of drug-likeness (QED) is 0.756. The lowest BCUT2D eigenvalue weighted by molar-refractivity contribution is 0.0827. The summed E-state index contributed by atoms with van der Waals surface area (Å²) in [7, 11) is 9.43. The molecule has 1 atom stereocenters. The average Bonchev–Trinajstić information content (AvgIpc) is 3.14. The normalized spacial score (nSPS) is 20.4. The molecule has 0 radical (unpaired) electrons. The van der Waals surface area contributed by atoms with Crippen molar-refractivity contribution in [2.75, 3.05) is 48.3 Å². The van der Waals surface area contributed by atoms with Crippen LogP contribution in [0.4, 0.5) is 0 Å². The summed E-state index contributed by atoms with van der Waals surface area (Å²) in [5, 5.41) is 9.54. The Bertz CT molecular complexity index is 1080. The van der Waals surface area contributed by atoms with Crippen LogP contribution in [0.1, 0.15) is 22.8 Å². The zero-order chi connectivity index (χ0) is 23.7. The third-order valence-electron chi connectivity index (χ3n) is 5.80. The van der Waals surface area contributed by atoms with Gasteiger partial charge in [-0.15, -0.1) is 5.10 Å². The molecule has 1 aromatic rings. The van der Waals surface area contributed by atoms with Crippen molar-refractivity contribution in [3.8, 4) is 0 Å². The number of benzene rings is 1. The molecule has 0 saturated heterocycles. The summed E-state index contributed by atoms with van der Waals surface area (Å²) in [4.78, 5) is 23.0. The molecule has 1 N–H and O–H groups in total. The minimum atomic E-state index is -0.439. The van der Waals surface area contributed by atoms with E-state index in [-0.39, 0.29) is 5.91 Å². The van der Waals surface area contributed by atoms with Crippen molar-refractivity contribution in [2.24, 2.45) is 10.1 Å². The first-order valence-electron chi connectivity index (χ1n) is 10.9. The van der Waals surface area contributed by atoms with Crippen LogP contribution >= 0.6 is 0 Å². The number of nitrogens with zero attached hydrogens (tertiary/aromatic N) is 6. The predicted molar refractivity (Wildman–Crippen MR) is 129 cm³/mol. The minimum absolute atomic E-state index is 0.0204. The largest absolute Gasteiger partial charge is 0.432 e. The Morgan fingerprint density at radius 2 is 1.91 bits per heavy atom. The topological polar surface area (TPSA) is 76.0 Å². The number of amidine groups is 1. The van der Waals surface area contributed by atoms with Gasteiger partial charge >= 0.3 is 6.02 Å². The highest BCUT2D eigenvalue weighted by atomic mass is 16.5. The Kier molecular flexibility index (Phi) is 6.13. The zero-order valence-electron chi connectivity index (χ0n) is 20.0. The number of hydrogen-bond acceptors (Lipinski definition) is 8. The molecule has 0 spiro atoms. The molecule has 0 bridgehead atoms. The molecule has 0 fully saturated rings. The Hall–Kier alpha value is -3.75. The standard InChI is InChI=1S/C24H31N7O2/c1-16-21(23-31(6)27-24(33-23)25-19-8-7-13-29(4)14-19)26-20(15-30(16)5)17-9-11-18(12-10-17)22(32)28(2)3/h7-12,14,23H,13,15H2,1-6H3,(H,25,27). The number of allylic oxidation sites excluding steroid dienone is 2. The van der Waals surface area contributed by atoms with Gasteiger partial charge in [0.1, 0.15) is 5.70 Å². The monoisotopic (exact) mass is 449 g/mol. The van der Waals surface area contributed by atoms with Gasteiger partial charge in [0.2, 0.25) is 6.23 Å². The second-order valence-electron chi connectivity index (χ2n) is 8.66. The second-order valence-corrected chi connectivity index (χ2v) is 8.66. The van der Waals surface area contributed by atoms with Gasteiger partial charge in [0.15, 0.2) is 0 Å².